The molecule has 120 valence electrons. The van der Waals surface area contributed by atoms with Crippen LogP contribution < -0.4 is 5.30 Å². The third kappa shape index (κ3) is 4.09. The van der Waals surface area contributed by atoms with Gasteiger partial charge in [0.15, 0.2) is 0 Å². The fourth-order valence-electron chi connectivity index (χ4n) is 2.27. The molecule has 0 aliphatic heterocycles. The van der Waals surface area contributed by atoms with E-state index in [2.05, 4.69) is 0 Å². The molecule has 2 N–H and O–H groups in total. The van der Waals surface area contributed by atoms with Gasteiger partial charge in [0.2, 0.25) is 0 Å². The van der Waals surface area contributed by atoms with Crippen LogP contribution in [0.2, 0.25) is 0 Å². The molecule has 0 heterocycles. The molecule has 1 aromatic rings. The van der Waals surface area contributed by atoms with Gasteiger partial charge in [-0.3, -0.25) is 4.57 Å². The fraction of sp³-hybridized carbons (Fsp3) is 0.625. The van der Waals surface area contributed by atoms with Crippen molar-refractivity contribution in [3.05, 3.63) is 23.3 Å². The van der Waals surface area contributed by atoms with E-state index in [1.54, 1.807) is 19.1 Å². The lowest BCUT2D eigenvalue weighted by atomic mass is 9.90. The van der Waals surface area contributed by atoms with Crippen LogP contribution in [0.25, 0.3) is 0 Å². The van der Waals surface area contributed by atoms with Crippen LogP contribution in [0.15, 0.2) is 12.1 Å². The summed E-state index contributed by atoms with van der Waals surface area (Å²) in [5.41, 5.74) is 1.44. The maximum absolute atomic E-state index is 12.3. The predicted molar refractivity (Wildman–Crippen MR) is 86.6 cm³/mol. The lowest BCUT2D eigenvalue weighted by molar-refractivity contribution is 0.284. The quantitative estimate of drug-likeness (QED) is 0.738. The van der Waals surface area contributed by atoms with Gasteiger partial charge in [-0.25, -0.2) is 0 Å². The summed E-state index contributed by atoms with van der Waals surface area (Å²) >= 11 is 0. The van der Waals surface area contributed by atoms with E-state index in [1.807, 2.05) is 27.7 Å². The van der Waals surface area contributed by atoms with Crippen molar-refractivity contribution < 1.29 is 19.1 Å². The molecule has 0 aliphatic rings. The predicted octanol–water partition coefficient (Wildman–Crippen LogP) is 4.27. The number of aromatic hydroxyl groups is 1. The Morgan fingerprint density at radius 3 is 1.86 bits per heavy atom. The van der Waals surface area contributed by atoms with Crippen molar-refractivity contribution in [2.24, 2.45) is 0 Å². The molecule has 0 fully saturated rings. The van der Waals surface area contributed by atoms with E-state index < -0.39 is 7.60 Å². The minimum atomic E-state index is -3.83. The lowest BCUT2D eigenvalue weighted by Crippen LogP contribution is -2.12. The highest BCUT2D eigenvalue weighted by atomic mass is 31.2. The molecule has 3 atom stereocenters. The SMILES string of the molecule is CCOP(=O)(O)c1cc(C(C)CC)c(O)c(C(C)CC)c1. The zero-order chi connectivity index (χ0) is 16.2. The van der Waals surface area contributed by atoms with Crippen LogP contribution in [-0.2, 0) is 9.09 Å². The van der Waals surface area contributed by atoms with Crippen LogP contribution in [0, 0.1) is 0 Å². The number of phenols is 1. The normalized spacial score (nSPS) is 17.2. The molecule has 1 rings (SSSR count). The monoisotopic (exact) mass is 314 g/mol. The van der Waals surface area contributed by atoms with Gasteiger partial charge in [0, 0.05) is 0 Å². The number of hydrogen-bond donors (Lipinski definition) is 2. The molecule has 0 amide bonds. The van der Waals surface area contributed by atoms with E-state index in [1.165, 1.54) is 0 Å². The Kier molecular flexibility index (Phi) is 6.45. The summed E-state index contributed by atoms with van der Waals surface area (Å²) in [6, 6.07) is 3.23. The van der Waals surface area contributed by atoms with Crippen molar-refractivity contribution in [1.82, 2.24) is 0 Å². The molecule has 3 unspecified atom stereocenters. The summed E-state index contributed by atoms with van der Waals surface area (Å²) in [5.74, 6) is 0.489. The topological polar surface area (TPSA) is 66.8 Å². The first kappa shape index (κ1) is 18.2. The van der Waals surface area contributed by atoms with Crippen molar-refractivity contribution in [2.45, 2.75) is 59.3 Å². The second kappa shape index (κ2) is 7.44. The summed E-state index contributed by atoms with van der Waals surface area (Å²) in [5, 5.41) is 10.8. The molecule has 5 heteroatoms. The van der Waals surface area contributed by atoms with Crippen LogP contribution in [0.5, 0.6) is 5.75 Å². The van der Waals surface area contributed by atoms with Crippen molar-refractivity contribution >= 4 is 12.9 Å². The Morgan fingerprint density at radius 2 is 1.52 bits per heavy atom. The average Bonchev–Trinajstić information content (AvgIpc) is 2.45. The lowest BCUT2D eigenvalue weighted by Gasteiger charge is -2.21. The summed E-state index contributed by atoms with van der Waals surface area (Å²) in [4.78, 5) is 10.1. The third-order valence-corrected chi connectivity index (χ3v) is 5.59. The van der Waals surface area contributed by atoms with Gasteiger partial charge in [-0.05, 0) is 54.9 Å². The largest absolute Gasteiger partial charge is 0.507 e. The second-order valence-corrected chi connectivity index (χ2v) is 7.35. The third-order valence-electron chi connectivity index (χ3n) is 4.07. The van der Waals surface area contributed by atoms with Crippen LogP contribution in [0.4, 0.5) is 0 Å². The highest BCUT2D eigenvalue weighted by Gasteiger charge is 2.27. The Hall–Kier alpha value is -0.830. The van der Waals surface area contributed by atoms with Crippen molar-refractivity contribution in [3.63, 3.8) is 0 Å². The van der Waals surface area contributed by atoms with E-state index >= 15 is 0 Å². The highest BCUT2D eigenvalue weighted by molar-refractivity contribution is 7.61. The van der Waals surface area contributed by atoms with Gasteiger partial charge < -0.3 is 14.5 Å². The van der Waals surface area contributed by atoms with Gasteiger partial charge in [0.1, 0.15) is 5.75 Å². The molecule has 1 aromatic carbocycles. The number of hydrogen-bond acceptors (Lipinski definition) is 3. The van der Waals surface area contributed by atoms with Crippen molar-refractivity contribution in [2.75, 3.05) is 6.61 Å². The molecule has 21 heavy (non-hydrogen) atoms. The molecule has 0 saturated heterocycles. The van der Waals surface area contributed by atoms with Gasteiger partial charge in [0.25, 0.3) is 0 Å². The Labute approximate surface area is 127 Å². The smallest absolute Gasteiger partial charge is 0.358 e. The fourth-order valence-corrected chi connectivity index (χ4v) is 3.37. The number of phenolic OH excluding ortho intramolecular Hbond substituents is 1. The van der Waals surface area contributed by atoms with Gasteiger partial charge in [0.05, 0.1) is 11.9 Å². The van der Waals surface area contributed by atoms with Crippen LogP contribution in [0.1, 0.15) is 70.4 Å². The van der Waals surface area contributed by atoms with Crippen molar-refractivity contribution in [3.8, 4) is 5.75 Å². The number of rotatable bonds is 7. The molecule has 0 radical (unpaired) electrons. The molecule has 0 bridgehead atoms. The first-order valence-electron chi connectivity index (χ1n) is 7.63. The molecule has 4 nitrogen and oxygen atoms in total. The van der Waals surface area contributed by atoms with E-state index in [0.717, 1.165) is 24.0 Å². The zero-order valence-electron chi connectivity index (χ0n) is 13.6. The number of benzene rings is 1. The molecule has 0 spiro atoms. The zero-order valence-corrected chi connectivity index (χ0v) is 14.5. The Morgan fingerprint density at radius 1 is 1.10 bits per heavy atom. The maximum Gasteiger partial charge on any atom is 0.358 e. The molecule has 0 aromatic heterocycles. The van der Waals surface area contributed by atoms with Gasteiger partial charge >= 0.3 is 7.60 Å². The Balaban J connectivity index is 3.50. The van der Waals surface area contributed by atoms with Gasteiger partial charge in [-0.1, -0.05) is 27.7 Å². The van der Waals surface area contributed by atoms with Crippen molar-refractivity contribution in [1.29, 1.82) is 0 Å². The summed E-state index contributed by atoms with van der Waals surface area (Å²) < 4.78 is 17.3. The van der Waals surface area contributed by atoms with Gasteiger partial charge in [-0.15, -0.1) is 0 Å². The van der Waals surface area contributed by atoms with E-state index in [0.29, 0.717) is 0 Å². The summed E-state index contributed by atoms with van der Waals surface area (Å²) in [7, 11) is -3.83. The van der Waals surface area contributed by atoms with E-state index in [9.17, 15) is 14.6 Å². The minimum Gasteiger partial charge on any atom is -0.507 e. The molecular formula is C16H27O4P. The molecular weight excluding hydrogens is 287 g/mol. The van der Waals surface area contributed by atoms with Crippen LogP contribution >= 0.6 is 7.60 Å². The molecule has 0 aliphatic carbocycles. The van der Waals surface area contributed by atoms with E-state index in [-0.39, 0.29) is 29.5 Å². The molecule has 0 saturated carbocycles. The van der Waals surface area contributed by atoms with Crippen LogP contribution in [0.3, 0.4) is 0 Å². The summed E-state index contributed by atoms with van der Waals surface area (Å²) in [6.45, 7) is 9.92. The Bertz CT molecular complexity index is 496. The average molecular weight is 314 g/mol. The first-order chi connectivity index (χ1) is 9.78. The van der Waals surface area contributed by atoms with Gasteiger partial charge in [-0.2, -0.15) is 0 Å². The van der Waals surface area contributed by atoms with Crippen LogP contribution in [-0.4, -0.2) is 16.6 Å². The second-order valence-electron chi connectivity index (χ2n) is 5.53. The standard InChI is InChI=1S/C16H27O4P/c1-6-11(4)14-9-13(21(18,19)20-8-3)10-15(16(14)17)12(5)7-2/h9-12,17H,6-8H2,1-5H3,(H,18,19). The first-order valence-corrected chi connectivity index (χ1v) is 9.20. The minimum absolute atomic E-state index is 0.120. The van der Waals surface area contributed by atoms with E-state index in [4.69, 9.17) is 4.52 Å². The maximum atomic E-state index is 12.3. The highest BCUT2D eigenvalue weighted by Crippen LogP contribution is 2.44. The summed E-state index contributed by atoms with van der Waals surface area (Å²) in [6.07, 6.45) is 1.70.